The molecule has 0 aliphatic rings. The molecule has 0 saturated carbocycles. The molecule has 138 valence electrons. The van der Waals surface area contributed by atoms with E-state index in [2.05, 4.69) is 40.6 Å². The summed E-state index contributed by atoms with van der Waals surface area (Å²) in [6, 6.07) is 16.3. The predicted octanol–water partition coefficient (Wildman–Crippen LogP) is 3.98. The molecule has 6 heteroatoms. The van der Waals surface area contributed by atoms with Crippen LogP contribution in [0.2, 0.25) is 0 Å². The lowest BCUT2D eigenvalue weighted by Crippen LogP contribution is -2.02. The van der Waals surface area contributed by atoms with Gasteiger partial charge in [-0.2, -0.15) is 0 Å². The maximum atomic E-state index is 4.84. The quantitative estimate of drug-likeness (QED) is 0.483. The van der Waals surface area contributed by atoms with Gasteiger partial charge in [0.1, 0.15) is 12.1 Å². The van der Waals surface area contributed by atoms with Crippen molar-refractivity contribution in [2.45, 2.75) is 27.2 Å². The van der Waals surface area contributed by atoms with E-state index < -0.39 is 0 Å². The fraction of sp³-hybridized carbons (Fsp3) is 0.182. The molecule has 1 aromatic carbocycles. The van der Waals surface area contributed by atoms with Crippen LogP contribution in [0, 0.1) is 20.8 Å². The Hall–Kier alpha value is -3.54. The van der Waals surface area contributed by atoms with Crippen LogP contribution in [0.1, 0.15) is 28.3 Å². The number of pyridine rings is 1. The molecule has 4 heterocycles. The van der Waals surface area contributed by atoms with Crippen LogP contribution in [0.4, 0.5) is 0 Å². The number of aryl methyl sites for hydroxylation is 2. The van der Waals surface area contributed by atoms with Gasteiger partial charge in [-0.05, 0) is 44.0 Å². The fourth-order valence-corrected chi connectivity index (χ4v) is 3.69. The molecular weight excluding hydrogens is 348 g/mol. The van der Waals surface area contributed by atoms with Crippen LogP contribution in [0.5, 0.6) is 0 Å². The largest absolute Gasteiger partial charge is 0.282 e. The Labute approximate surface area is 162 Å². The molecule has 0 bridgehead atoms. The van der Waals surface area contributed by atoms with E-state index in [-0.39, 0.29) is 0 Å². The van der Waals surface area contributed by atoms with Crippen molar-refractivity contribution in [1.82, 2.24) is 29.1 Å². The molecule has 0 fully saturated rings. The van der Waals surface area contributed by atoms with Gasteiger partial charge in [0.15, 0.2) is 17.1 Å². The zero-order valence-corrected chi connectivity index (χ0v) is 16.1. The first-order valence-corrected chi connectivity index (χ1v) is 9.31. The van der Waals surface area contributed by atoms with Crippen molar-refractivity contribution in [2.24, 2.45) is 0 Å². The number of hydrogen-bond acceptors (Lipinski definition) is 4. The zero-order chi connectivity index (χ0) is 19.3. The van der Waals surface area contributed by atoms with Crippen molar-refractivity contribution >= 4 is 16.7 Å². The third-order valence-corrected chi connectivity index (χ3v) is 5.18. The van der Waals surface area contributed by atoms with Crippen LogP contribution < -0.4 is 0 Å². The number of nitrogens with zero attached hydrogens (tertiary/aromatic N) is 6. The number of benzene rings is 1. The van der Waals surface area contributed by atoms with Crippen LogP contribution in [-0.4, -0.2) is 29.1 Å². The number of hydrogen-bond donors (Lipinski definition) is 0. The van der Waals surface area contributed by atoms with Gasteiger partial charge in [0.25, 0.3) is 0 Å². The number of fused-ring (bicyclic) bond motifs is 3. The van der Waals surface area contributed by atoms with Gasteiger partial charge in [-0.1, -0.05) is 36.4 Å². The number of aromatic nitrogens is 6. The molecule has 0 saturated heterocycles. The molecule has 5 rings (SSSR count). The minimum Gasteiger partial charge on any atom is -0.282 e. The Morgan fingerprint density at radius 1 is 0.857 bits per heavy atom. The van der Waals surface area contributed by atoms with E-state index in [0.717, 1.165) is 45.3 Å². The van der Waals surface area contributed by atoms with Gasteiger partial charge in [0.2, 0.25) is 0 Å². The highest BCUT2D eigenvalue weighted by Crippen LogP contribution is 2.29. The molecule has 28 heavy (non-hydrogen) atoms. The Balaban J connectivity index is 1.71. The highest BCUT2D eigenvalue weighted by Gasteiger charge is 2.19. The molecule has 0 aliphatic heterocycles. The van der Waals surface area contributed by atoms with Gasteiger partial charge in [0.05, 0.1) is 5.39 Å². The number of rotatable bonds is 3. The van der Waals surface area contributed by atoms with Crippen molar-refractivity contribution in [2.75, 3.05) is 0 Å². The van der Waals surface area contributed by atoms with E-state index in [9.17, 15) is 0 Å². The summed E-state index contributed by atoms with van der Waals surface area (Å²) < 4.78 is 3.88. The lowest BCUT2D eigenvalue weighted by Gasteiger charge is -2.07. The van der Waals surface area contributed by atoms with Crippen LogP contribution in [0.15, 0.2) is 54.9 Å². The first-order valence-electron chi connectivity index (χ1n) is 9.31. The van der Waals surface area contributed by atoms with E-state index in [1.165, 1.54) is 5.56 Å². The molecule has 0 aliphatic carbocycles. The molecule has 6 nitrogen and oxygen atoms in total. The normalized spacial score (nSPS) is 11.5. The highest BCUT2D eigenvalue weighted by atomic mass is 15.3. The van der Waals surface area contributed by atoms with Gasteiger partial charge in [-0.3, -0.25) is 4.57 Å². The lowest BCUT2D eigenvalue weighted by molar-refractivity contribution is 0.877. The summed E-state index contributed by atoms with van der Waals surface area (Å²) in [5.41, 5.74) is 6.13. The van der Waals surface area contributed by atoms with Gasteiger partial charge in [-0.25, -0.2) is 19.5 Å². The van der Waals surface area contributed by atoms with E-state index in [1.54, 1.807) is 10.8 Å². The van der Waals surface area contributed by atoms with Crippen molar-refractivity contribution < 1.29 is 0 Å². The average molecular weight is 368 g/mol. The van der Waals surface area contributed by atoms with Crippen LogP contribution >= 0.6 is 0 Å². The molecule has 0 N–H and O–H groups in total. The molecule has 4 aromatic heterocycles. The maximum absolute atomic E-state index is 4.84. The van der Waals surface area contributed by atoms with Gasteiger partial charge >= 0.3 is 0 Å². The monoisotopic (exact) mass is 368 g/mol. The molecule has 0 atom stereocenters. The second-order valence-corrected chi connectivity index (χ2v) is 7.08. The molecule has 0 amide bonds. The van der Waals surface area contributed by atoms with Crippen molar-refractivity contribution in [3.63, 3.8) is 0 Å². The van der Waals surface area contributed by atoms with Crippen LogP contribution in [0.3, 0.4) is 0 Å². The Kier molecular flexibility index (Phi) is 3.72. The minimum atomic E-state index is 0.697. The van der Waals surface area contributed by atoms with Gasteiger partial charge in [-0.15, -0.1) is 5.10 Å². The molecule has 5 aromatic rings. The van der Waals surface area contributed by atoms with E-state index >= 15 is 0 Å². The average Bonchev–Trinajstić information content (AvgIpc) is 3.21. The molecule has 0 radical (unpaired) electrons. The predicted molar refractivity (Wildman–Crippen MR) is 109 cm³/mol. The summed E-state index contributed by atoms with van der Waals surface area (Å²) in [4.78, 5) is 14.2. The first kappa shape index (κ1) is 16.6. The topological polar surface area (TPSA) is 60.9 Å². The first-order chi connectivity index (χ1) is 13.6. The fourth-order valence-electron chi connectivity index (χ4n) is 3.69. The van der Waals surface area contributed by atoms with Crippen molar-refractivity contribution in [3.05, 3.63) is 83.2 Å². The lowest BCUT2D eigenvalue weighted by atomic mass is 10.1. The Bertz CT molecular complexity index is 1310. The minimum absolute atomic E-state index is 0.697. The second kappa shape index (κ2) is 6.27. The zero-order valence-electron chi connectivity index (χ0n) is 16.1. The maximum Gasteiger partial charge on any atom is 0.168 e. The van der Waals surface area contributed by atoms with E-state index in [4.69, 9.17) is 9.97 Å². The van der Waals surface area contributed by atoms with Crippen molar-refractivity contribution in [3.8, 4) is 5.82 Å². The summed E-state index contributed by atoms with van der Waals surface area (Å²) in [7, 11) is 0. The van der Waals surface area contributed by atoms with E-state index in [1.807, 2.05) is 43.3 Å². The summed E-state index contributed by atoms with van der Waals surface area (Å²) in [5, 5.41) is 5.67. The Morgan fingerprint density at radius 3 is 2.46 bits per heavy atom. The highest BCUT2D eigenvalue weighted by molar-refractivity contribution is 5.94. The molecule has 0 unspecified atom stereocenters. The van der Waals surface area contributed by atoms with Crippen LogP contribution in [-0.2, 0) is 6.42 Å². The molecular formula is C22H20N6. The van der Waals surface area contributed by atoms with Crippen molar-refractivity contribution in [1.29, 1.82) is 0 Å². The molecule has 0 spiro atoms. The third kappa shape index (κ3) is 2.57. The van der Waals surface area contributed by atoms with E-state index in [0.29, 0.717) is 6.42 Å². The summed E-state index contributed by atoms with van der Waals surface area (Å²) >= 11 is 0. The second-order valence-electron chi connectivity index (χ2n) is 7.08. The van der Waals surface area contributed by atoms with Gasteiger partial charge in [0, 0.05) is 17.8 Å². The smallest absolute Gasteiger partial charge is 0.168 e. The van der Waals surface area contributed by atoms with Gasteiger partial charge < -0.3 is 0 Å². The summed E-state index contributed by atoms with van der Waals surface area (Å²) in [6.07, 6.45) is 2.44. The van der Waals surface area contributed by atoms with Crippen LogP contribution in [0.25, 0.3) is 22.5 Å². The SMILES string of the molecule is Cc1cccc(-n2c(C)c(C)c3c2ncn2nc(Cc4ccccc4)nc32)n1. The standard InChI is InChI=1S/C22H20N6/c1-14-8-7-11-19(24-14)28-16(3)15(2)20-21(28)23-13-27-22(20)25-18(26-27)12-17-9-5-4-6-10-17/h4-11,13H,12H2,1-3H3. The summed E-state index contributed by atoms with van der Waals surface area (Å²) in [6.45, 7) is 6.20. The summed E-state index contributed by atoms with van der Waals surface area (Å²) in [5.74, 6) is 1.66. The third-order valence-electron chi connectivity index (χ3n) is 5.18. The Morgan fingerprint density at radius 2 is 1.68 bits per heavy atom.